The van der Waals surface area contributed by atoms with Crippen molar-refractivity contribution >= 4 is 17.7 Å². The lowest BCUT2D eigenvalue weighted by Crippen LogP contribution is -2.50. The molecule has 0 N–H and O–H groups in total. The molecule has 2 fully saturated rings. The topological polar surface area (TPSA) is 69.7 Å². The zero-order valence-electron chi connectivity index (χ0n) is 14.8. The summed E-state index contributed by atoms with van der Waals surface area (Å²) >= 11 is 0. The summed E-state index contributed by atoms with van der Waals surface area (Å²) in [6, 6.07) is 0. The zero-order valence-corrected chi connectivity index (χ0v) is 14.8. The maximum Gasteiger partial charge on any atom is 0.316 e. The van der Waals surface area contributed by atoms with Gasteiger partial charge in [0, 0.05) is 6.42 Å². The first-order valence-corrected chi connectivity index (χ1v) is 8.40. The van der Waals surface area contributed by atoms with Crippen molar-refractivity contribution in [2.75, 3.05) is 7.11 Å². The Morgan fingerprint density at radius 1 is 1.22 bits per heavy atom. The Balaban J connectivity index is 2.12. The molecule has 0 amide bonds. The third kappa shape index (κ3) is 3.59. The quantitative estimate of drug-likeness (QED) is 0.577. The van der Waals surface area contributed by atoms with Gasteiger partial charge in [-0.1, -0.05) is 6.92 Å². The van der Waals surface area contributed by atoms with Gasteiger partial charge < -0.3 is 9.47 Å². The first-order chi connectivity index (χ1) is 10.6. The number of ketones is 1. The van der Waals surface area contributed by atoms with Crippen LogP contribution in [-0.4, -0.2) is 30.9 Å². The molecule has 2 saturated carbocycles. The van der Waals surface area contributed by atoms with Gasteiger partial charge in [0.1, 0.15) is 17.8 Å². The zero-order chi connectivity index (χ0) is 17.4. The van der Waals surface area contributed by atoms with Crippen LogP contribution >= 0.6 is 0 Å². The van der Waals surface area contributed by atoms with E-state index in [1.807, 2.05) is 20.8 Å². The Bertz CT molecular complexity index is 496. The molecule has 0 heterocycles. The van der Waals surface area contributed by atoms with E-state index >= 15 is 0 Å². The van der Waals surface area contributed by atoms with Crippen molar-refractivity contribution in [3.8, 4) is 0 Å². The number of fused-ring (bicyclic) bond motifs is 1. The molecule has 0 unspecified atom stereocenters. The maximum absolute atomic E-state index is 12.2. The Hall–Kier alpha value is -1.39. The van der Waals surface area contributed by atoms with E-state index in [9.17, 15) is 14.4 Å². The molecule has 2 aliphatic carbocycles. The fraction of sp³-hybridized carbons (Fsp3) is 0.833. The number of ether oxygens (including phenoxy) is 2. The van der Waals surface area contributed by atoms with Gasteiger partial charge in [-0.15, -0.1) is 0 Å². The van der Waals surface area contributed by atoms with Gasteiger partial charge in [-0.3, -0.25) is 14.4 Å². The molecule has 0 spiro atoms. The second-order valence-corrected chi connectivity index (χ2v) is 8.29. The fourth-order valence-electron chi connectivity index (χ4n) is 3.98. The van der Waals surface area contributed by atoms with E-state index in [4.69, 9.17) is 9.47 Å². The molecule has 2 aliphatic rings. The van der Waals surface area contributed by atoms with Gasteiger partial charge in [0.2, 0.25) is 0 Å². The van der Waals surface area contributed by atoms with Crippen LogP contribution in [0.1, 0.15) is 59.8 Å². The van der Waals surface area contributed by atoms with Gasteiger partial charge in [0.15, 0.2) is 0 Å². The van der Waals surface area contributed by atoms with E-state index < -0.39 is 17.3 Å². The highest BCUT2D eigenvalue weighted by molar-refractivity contribution is 6.00. The molecule has 0 aromatic carbocycles. The molecule has 0 bridgehead atoms. The predicted octanol–water partition coefficient (Wildman–Crippen LogP) is 2.90. The van der Waals surface area contributed by atoms with Crippen molar-refractivity contribution in [3.63, 3.8) is 0 Å². The van der Waals surface area contributed by atoms with E-state index in [0.717, 1.165) is 6.42 Å². The number of carbonyl (C=O) groups excluding carboxylic acids is 3. The third-order valence-corrected chi connectivity index (χ3v) is 5.42. The summed E-state index contributed by atoms with van der Waals surface area (Å²) in [6.45, 7) is 7.64. The molecule has 0 aliphatic heterocycles. The first kappa shape index (κ1) is 18.0. The Kier molecular flexibility index (Phi) is 4.88. The van der Waals surface area contributed by atoms with Crippen molar-refractivity contribution in [3.05, 3.63) is 0 Å². The number of hydrogen-bond donors (Lipinski definition) is 0. The van der Waals surface area contributed by atoms with Gasteiger partial charge in [0.25, 0.3) is 0 Å². The molecular formula is C18H28O5. The van der Waals surface area contributed by atoms with Crippen LogP contribution in [-0.2, 0) is 23.9 Å². The van der Waals surface area contributed by atoms with Crippen molar-refractivity contribution in [1.29, 1.82) is 0 Å². The van der Waals surface area contributed by atoms with E-state index in [1.54, 1.807) is 0 Å². The average molecular weight is 324 g/mol. The molecule has 5 nitrogen and oxygen atoms in total. The minimum Gasteiger partial charge on any atom is -0.468 e. The highest BCUT2D eigenvalue weighted by atomic mass is 16.5. The highest BCUT2D eigenvalue weighted by Crippen LogP contribution is 2.52. The second kappa shape index (κ2) is 6.25. The van der Waals surface area contributed by atoms with E-state index in [1.165, 1.54) is 7.11 Å². The van der Waals surface area contributed by atoms with Crippen LogP contribution in [0.5, 0.6) is 0 Å². The maximum atomic E-state index is 12.2. The van der Waals surface area contributed by atoms with Gasteiger partial charge in [0.05, 0.1) is 12.5 Å². The van der Waals surface area contributed by atoms with Crippen LogP contribution in [0, 0.1) is 22.7 Å². The molecule has 0 radical (unpaired) electrons. The van der Waals surface area contributed by atoms with Crippen molar-refractivity contribution < 1.29 is 23.9 Å². The molecular weight excluding hydrogens is 296 g/mol. The Labute approximate surface area is 138 Å². The summed E-state index contributed by atoms with van der Waals surface area (Å²) in [5.41, 5.74) is -0.678. The summed E-state index contributed by atoms with van der Waals surface area (Å²) in [6.07, 6.45) is 3.13. The fourth-order valence-corrected chi connectivity index (χ4v) is 3.98. The van der Waals surface area contributed by atoms with Crippen LogP contribution < -0.4 is 0 Å². The highest BCUT2D eigenvalue weighted by Gasteiger charge is 2.52. The molecule has 4 atom stereocenters. The van der Waals surface area contributed by atoms with Crippen molar-refractivity contribution in [2.45, 2.75) is 65.9 Å². The number of rotatable bonds is 2. The number of methoxy groups -OCH3 is 1. The SMILES string of the molecule is COC(=O)[C@@H]1C(=O)CC[C@]2(C)C[C@@H](OC(=O)C(C)(C)C)CC[C@H]12. The largest absolute Gasteiger partial charge is 0.468 e. The van der Waals surface area contributed by atoms with Crippen LogP contribution in [0.2, 0.25) is 0 Å². The van der Waals surface area contributed by atoms with Crippen LogP contribution in [0.15, 0.2) is 0 Å². The molecule has 0 aromatic rings. The van der Waals surface area contributed by atoms with Gasteiger partial charge >= 0.3 is 11.9 Å². The lowest BCUT2D eigenvalue weighted by molar-refractivity contribution is -0.171. The minimum absolute atomic E-state index is 0.00976. The smallest absolute Gasteiger partial charge is 0.316 e. The van der Waals surface area contributed by atoms with Gasteiger partial charge in [-0.25, -0.2) is 0 Å². The molecule has 130 valence electrons. The van der Waals surface area contributed by atoms with Crippen LogP contribution in [0.3, 0.4) is 0 Å². The number of hydrogen-bond acceptors (Lipinski definition) is 5. The summed E-state index contributed by atoms with van der Waals surface area (Å²) in [7, 11) is 1.33. The Morgan fingerprint density at radius 3 is 2.43 bits per heavy atom. The van der Waals surface area contributed by atoms with Crippen molar-refractivity contribution in [2.24, 2.45) is 22.7 Å². The Morgan fingerprint density at radius 2 is 1.87 bits per heavy atom. The number of carbonyl (C=O) groups is 3. The molecule has 0 saturated heterocycles. The normalized spacial score (nSPS) is 34.5. The minimum atomic E-state index is -0.655. The first-order valence-electron chi connectivity index (χ1n) is 8.40. The molecule has 23 heavy (non-hydrogen) atoms. The second-order valence-electron chi connectivity index (χ2n) is 8.29. The van der Waals surface area contributed by atoms with Crippen molar-refractivity contribution in [1.82, 2.24) is 0 Å². The lowest BCUT2D eigenvalue weighted by Gasteiger charge is -2.49. The van der Waals surface area contributed by atoms with E-state index in [2.05, 4.69) is 6.92 Å². The molecule has 0 aromatic heterocycles. The monoisotopic (exact) mass is 324 g/mol. The lowest BCUT2D eigenvalue weighted by atomic mass is 9.56. The standard InChI is InChI=1S/C18H28O5/c1-17(2,3)16(21)23-11-6-7-12-14(15(20)22-5)13(19)8-9-18(12,4)10-11/h11-12,14H,6-10H2,1-5H3/t11-,12+,14-,18+/m0/s1. The number of esters is 2. The summed E-state index contributed by atoms with van der Waals surface area (Å²) in [4.78, 5) is 36.4. The van der Waals surface area contributed by atoms with E-state index in [-0.39, 0.29) is 29.2 Å². The van der Waals surface area contributed by atoms with Gasteiger partial charge in [-0.2, -0.15) is 0 Å². The number of Topliss-reactive ketones (excluding diaryl/α,β-unsaturated/α-hetero) is 1. The summed E-state index contributed by atoms with van der Waals surface area (Å²) in [5.74, 6) is -1.29. The van der Waals surface area contributed by atoms with E-state index in [0.29, 0.717) is 25.7 Å². The molecule has 5 heteroatoms. The molecule has 2 rings (SSSR count). The summed E-state index contributed by atoms with van der Waals surface area (Å²) < 4.78 is 10.5. The third-order valence-electron chi connectivity index (χ3n) is 5.42. The van der Waals surface area contributed by atoms with Crippen LogP contribution in [0.4, 0.5) is 0 Å². The predicted molar refractivity (Wildman–Crippen MR) is 84.5 cm³/mol. The average Bonchev–Trinajstić information content (AvgIpc) is 2.46. The summed E-state index contributed by atoms with van der Waals surface area (Å²) in [5, 5.41) is 0. The van der Waals surface area contributed by atoms with Crippen LogP contribution in [0.25, 0.3) is 0 Å². The van der Waals surface area contributed by atoms with Gasteiger partial charge in [-0.05, 0) is 57.8 Å².